The number of halogens is 5. The van der Waals surface area contributed by atoms with Crippen LogP contribution in [-0.4, -0.2) is 25.0 Å². The fraction of sp³-hybridized carbons (Fsp3) is 0.462. The first-order valence-corrected chi connectivity index (χ1v) is 6.26. The predicted octanol–water partition coefficient (Wildman–Crippen LogP) is 2.75. The molecule has 0 spiro atoms. The van der Waals surface area contributed by atoms with Gasteiger partial charge in [-0.15, -0.1) is 12.4 Å². The van der Waals surface area contributed by atoms with E-state index in [1.807, 2.05) is 0 Å². The Kier molecular flexibility index (Phi) is 5.98. The summed E-state index contributed by atoms with van der Waals surface area (Å²) in [4.78, 5) is 11.8. The number of rotatable bonds is 3. The van der Waals surface area contributed by atoms with Gasteiger partial charge in [0.1, 0.15) is 5.82 Å². The van der Waals surface area contributed by atoms with Crippen LogP contribution in [0.3, 0.4) is 0 Å². The van der Waals surface area contributed by atoms with Crippen LogP contribution in [0.5, 0.6) is 0 Å². The zero-order valence-corrected chi connectivity index (χ0v) is 11.8. The van der Waals surface area contributed by atoms with Gasteiger partial charge in [0.15, 0.2) is 0 Å². The van der Waals surface area contributed by atoms with Gasteiger partial charge in [-0.05, 0) is 37.6 Å². The maximum Gasteiger partial charge on any atom is 0.416 e. The molecule has 1 fully saturated rings. The van der Waals surface area contributed by atoms with E-state index in [4.69, 9.17) is 0 Å². The molecule has 1 heterocycles. The number of hydrogen-bond donors (Lipinski definition) is 2. The smallest absolute Gasteiger partial charge is 0.350 e. The van der Waals surface area contributed by atoms with Gasteiger partial charge in [-0.3, -0.25) is 4.79 Å². The third kappa shape index (κ3) is 4.57. The molecule has 1 aliphatic rings. The van der Waals surface area contributed by atoms with E-state index in [-0.39, 0.29) is 25.0 Å². The first-order valence-electron chi connectivity index (χ1n) is 6.26. The number of alkyl halides is 3. The minimum absolute atomic E-state index is 0. The topological polar surface area (TPSA) is 41.1 Å². The zero-order chi connectivity index (χ0) is 14.8. The summed E-state index contributed by atoms with van der Waals surface area (Å²) in [5.74, 6) is -1.79. The lowest BCUT2D eigenvalue weighted by atomic mass is 10.1. The van der Waals surface area contributed by atoms with Crippen molar-refractivity contribution in [1.82, 2.24) is 10.6 Å². The van der Waals surface area contributed by atoms with E-state index >= 15 is 0 Å². The molecule has 2 N–H and O–H groups in total. The SMILES string of the molecule is Cl.O=C(NCC1CCCN1)c1cc(C(F)(F)F)ccc1F. The molecule has 1 aromatic carbocycles. The number of nitrogens with one attached hydrogen (secondary N) is 2. The summed E-state index contributed by atoms with van der Waals surface area (Å²) in [6.45, 7) is 1.12. The lowest BCUT2D eigenvalue weighted by Gasteiger charge is -2.13. The van der Waals surface area contributed by atoms with Crippen molar-refractivity contribution >= 4 is 18.3 Å². The fourth-order valence-corrected chi connectivity index (χ4v) is 2.12. The molecule has 0 radical (unpaired) electrons. The highest BCUT2D eigenvalue weighted by atomic mass is 35.5. The summed E-state index contributed by atoms with van der Waals surface area (Å²) >= 11 is 0. The standard InChI is InChI=1S/C13H14F4N2O.ClH/c14-11-4-3-8(13(15,16)17)6-10(11)12(20)19-7-9-2-1-5-18-9;/h3-4,6,9,18H,1-2,5,7H2,(H,19,20);1H. The van der Waals surface area contributed by atoms with Crippen LogP contribution in [0.25, 0.3) is 0 Å². The van der Waals surface area contributed by atoms with Gasteiger partial charge in [-0.2, -0.15) is 13.2 Å². The molecule has 1 aromatic rings. The van der Waals surface area contributed by atoms with E-state index in [0.717, 1.165) is 19.4 Å². The molecule has 1 amide bonds. The summed E-state index contributed by atoms with van der Waals surface area (Å²) in [5, 5.41) is 5.58. The normalized spacial score (nSPS) is 18.2. The number of carbonyl (C=O) groups excluding carboxylic acids is 1. The quantitative estimate of drug-likeness (QED) is 0.839. The van der Waals surface area contributed by atoms with Crippen molar-refractivity contribution in [2.45, 2.75) is 25.1 Å². The van der Waals surface area contributed by atoms with Crippen molar-refractivity contribution in [2.24, 2.45) is 0 Å². The van der Waals surface area contributed by atoms with Gasteiger partial charge in [-0.25, -0.2) is 4.39 Å². The van der Waals surface area contributed by atoms with Crippen LogP contribution in [0.1, 0.15) is 28.8 Å². The Hall–Kier alpha value is -1.34. The van der Waals surface area contributed by atoms with Crippen molar-refractivity contribution < 1.29 is 22.4 Å². The minimum atomic E-state index is -4.60. The molecule has 0 aliphatic carbocycles. The summed E-state index contributed by atoms with van der Waals surface area (Å²) in [5.41, 5.74) is -1.62. The molecule has 8 heteroatoms. The average molecular weight is 327 g/mol. The van der Waals surface area contributed by atoms with Crippen LogP contribution in [-0.2, 0) is 6.18 Å². The fourth-order valence-electron chi connectivity index (χ4n) is 2.12. The predicted molar refractivity (Wildman–Crippen MR) is 72.0 cm³/mol. The molecule has 1 atom stereocenters. The van der Waals surface area contributed by atoms with E-state index < -0.39 is 29.0 Å². The van der Waals surface area contributed by atoms with Gasteiger partial charge in [-0.1, -0.05) is 0 Å². The Balaban J connectivity index is 0.00000220. The summed E-state index contributed by atoms with van der Waals surface area (Å²) in [6.07, 6.45) is -2.74. The molecular formula is C13H15ClF4N2O. The highest BCUT2D eigenvalue weighted by Crippen LogP contribution is 2.30. The zero-order valence-electron chi connectivity index (χ0n) is 11.0. The molecule has 0 saturated carbocycles. The second-order valence-corrected chi connectivity index (χ2v) is 4.70. The maximum absolute atomic E-state index is 13.5. The van der Waals surface area contributed by atoms with Crippen LogP contribution in [0.15, 0.2) is 18.2 Å². The molecule has 1 unspecified atom stereocenters. The van der Waals surface area contributed by atoms with E-state index in [1.54, 1.807) is 0 Å². The highest BCUT2D eigenvalue weighted by Gasteiger charge is 2.32. The van der Waals surface area contributed by atoms with E-state index in [1.165, 1.54) is 0 Å². The molecule has 1 saturated heterocycles. The Morgan fingerprint density at radius 3 is 2.67 bits per heavy atom. The maximum atomic E-state index is 13.5. The number of benzene rings is 1. The largest absolute Gasteiger partial charge is 0.416 e. The van der Waals surface area contributed by atoms with Crippen molar-refractivity contribution in [3.8, 4) is 0 Å². The monoisotopic (exact) mass is 326 g/mol. The van der Waals surface area contributed by atoms with Gasteiger partial charge >= 0.3 is 6.18 Å². The average Bonchev–Trinajstić information content (AvgIpc) is 2.88. The van der Waals surface area contributed by atoms with Crippen LogP contribution in [0, 0.1) is 5.82 Å². The molecule has 3 nitrogen and oxygen atoms in total. The first kappa shape index (κ1) is 17.7. The first-order chi connectivity index (χ1) is 9.38. The van der Waals surface area contributed by atoms with E-state index in [2.05, 4.69) is 10.6 Å². The lowest BCUT2D eigenvalue weighted by molar-refractivity contribution is -0.137. The highest BCUT2D eigenvalue weighted by molar-refractivity contribution is 5.94. The third-order valence-corrected chi connectivity index (χ3v) is 3.21. The van der Waals surface area contributed by atoms with Crippen molar-refractivity contribution in [3.05, 3.63) is 35.1 Å². The second kappa shape index (κ2) is 7.09. The summed E-state index contributed by atoms with van der Waals surface area (Å²) in [6, 6.07) is 1.90. The van der Waals surface area contributed by atoms with Gasteiger partial charge in [0, 0.05) is 12.6 Å². The Morgan fingerprint density at radius 2 is 2.10 bits per heavy atom. The molecule has 0 aromatic heterocycles. The van der Waals surface area contributed by atoms with Crippen LogP contribution >= 0.6 is 12.4 Å². The summed E-state index contributed by atoms with van der Waals surface area (Å²) in [7, 11) is 0. The van der Waals surface area contributed by atoms with Gasteiger partial charge in [0.25, 0.3) is 5.91 Å². The van der Waals surface area contributed by atoms with Gasteiger partial charge in [0.2, 0.25) is 0 Å². The lowest BCUT2D eigenvalue weighted by Crippen LogP contribution is -2.37. The third-order valence-electron chi connectivity index (χ3n) is 3.21. The Labute approximate surface area is 125 Å². The van der Waals surface area contributed by atoms with E-state index in [9.17, 15) is 22.4 Å². The molecule has 2 rings (SSSR count). The Bertz CT molecular complexity index is 501. The second-order valence-electron chi connectivity index (χ2n) is 4.70. The van der Waals surface area contributed by atoms with Crippen LogP contribution in [0.2, 0.25) is 0 Å². The summed E-state index contributed by atoms with van der Waals surface area (Å²) < 4.78 is 51.1. The van der Waals surface area contributed by atoms with Crippen molar-refractivity contribution in [1.29, 1.82) is 0 Å². The minimum Gasteiger partial charge on any atom is -0.350 e. The van der Waals surface area contributed by atoms with E-state index in [0.29, 0.717) is 18.2 Å². The molecule has 1 aliphatic heterocycles. The number of carbonyl (C=O) groups is 1. The molecule has 21 heavy (non-hydrogen) atoms. The number of amides is 1. The van der Waals surface area contributed by atoms with Crippen LogP contribution in [0.4, 0.5) is 17.6 Å². The molecular weight excluding hydrogens is 312 g/mol. The molecule has 118 valence electrons. The number of hydrogen-bond acceptors (Lipinski definition) is 2. The Morgan fingerprint density at radius 1 is 1.38 bits per heavy atom. The van der Waals surface area contributed by atoms with Crippen LogP contribution < -0.4 is 10.6 Å². The molecule has 0 bridgehead atoms. The van der Waals surface area contributed by atoms with Gasteiger partial charge in [0.05, 0.1) is 11.1 Å². The van der Waals surface area contributed by atoms with Gasteiger partial charge < -0.3 is 10.6 Å². The van der Waals surface area contributed by atoms with Crippen molar-refractivity contribution in [2.75, 3.05) is 13.1 Å². The van der Waals surface area contributed by atoms with Crippen molar-refractivity contribution in [3.63, 3.8) is 0 Å².